The number of carbonyl (C=O) groups excluding carboxylic acids is 2. The summed E-state index contributed by atoms with van der Waals surface area (Å²) in [6, 6.07) is 19.4. The van der Waals surface area contributed by atoms with E-state index in [1.54, 1.807) is 0 Å². The van der Waals surface area contributed by atoms with Gasteiger partial charge >= 0.3 is 6.09 Å². The average Bonchev–Trinajstić information content (AvgIpc) is 3.28. The van der Waals surface area contributed by atoms with Gasteiger partial charge in [0.1, 0.15) is 6.61 Å². The first-order valence-corrected chi connectivity index (χ1v) is 10.5. The van der Waals surface area contributed by atoms with Crippen molar-refractivity contribution in [3.05, 3.63) is 71.8 Å². The number of rotatable bonds is 5. The predicted octanol–water partition coefficient (Wildman–Crippen LogP) is 4.18. The topological polar surface area (TPSA) is 59.1 Å². The van der Waals surface area contributed by atoms with E-state index in [4.69, 9.17) is 9.57 Å². The summed E-state index contributed by atoms with van der Waals surface area (Å²) in [6.07, 6.45) is -0.924. The highest BCUT2D eigenvalue weighted by Gasteiger charge is 2.51. The molecule has 2 aliphatic heterocycles. The van der Waals surface area contributed by atoms with Crippen molar-refractivity contribution in [2.24, 2.45) is 11.8 Å². The second-order valence-electron chi connectivity index (χ2n) is 8.35. The summed E-state index contributed by atoms with van der Waals surface area (Å²) in [5.74, 6) is -0.621. The summed E-state index contributed by atoms with van der Waals surface area (Å²) >= 11 is 0. The van der Waals surface area contributed by atoms with Crippen molar-refractivity contribution in [2.45, 2.75) is 45.5 Å². The van der Waals surface area contributed by atoms with Crippen LogP contribution in [0.2, 0.25) is 0 Å². The maximum Gasteiger partial charge on any atom is 0.416 e. The molecule has 0 saturated carbocycles. The highest BCUT2D eigenvalue weighted by atomic mass is 16.7. The molecule has 0 N–H and O–H groups in total. The van der Waals surface area contributed by atoms with Gasteiger partial charge in [-0.2, -0.15) is 5.06 Å². The number of hydroxylamine groups is 2. The lowest BCUT2D eigenvalue weighted by molar-refractivity contribution is -0.166. The molecule has 2 aromatic rings. The highest BCUT2D eigenvalue weighted by Crippen LogP contribution is 2.42. The van der Waals surface area contributed by atoms with Crippen molar-refractivity contribution in [2.75, 3.05) is 6.61 Å². The Labute approximate surface area is 177 Å². The van der Waals surface area contributed by atoms with Crippen molar-refractivity contribution >= 4 is 12.0 Å². The van der Waals surface area contributed by atoms with Gasteiger partial charge in [-0.25, -0.2) is 9.69 Å². The van der Waals surface area contributed by atoms with Gasteiger partial charge in [0.25, 0.3) is 0 Å². The van der Waals surface area contributed by atoms with Crippen LogP contribution in [-0.2, 0) is 20.9 Å². The molecule has 4 rings (SSSR count). The first-order valence-electron chi connectivity index (χ1n) is 10.5. The molecule has 2 aliphatic rings. The van der Waals surface area contributed by atoms with Crippen LogP contribution in [0.3, 0.4) is 0 Å². The second-order valence-corrected chi connectivity index (χ2v) is 8.35. The van der Waals surface area contributed by atoms with Crippen LogP contribution in [0, 0.1) is 11.8 Å². The molecular formula is C24H28N2O4. The van der Waals surface area contributed by atoms with E-state index in [9.17, 15) is 9.59 Å². The van der Waals surface area contributed by atoms with Gasteiger partial charge in [0.2, 0.25) is 5.91 Å². The van der Waals surface area contributed by atoms with Crippen molar-refractivity contribution in [1.82, 2.24) is 9.96 Å². The highest BCUT2D eigenvalue weighted by molar-refractivity contribution is 5.95. The Kier molecular flexibility index (Phi) is 5.88. The number of carbonyl (C=O) groups is 2. The first kappa shape index (κ1) is 20.6. The van der Waals surface area contributed by atoms with Crippen molar-refractivity contribution in [1.29, 1.82) is 0 Å². The van der Waals surface area contributed by atoms with Gasteiger partial charge in [0.05, 0.1) is 24.1 Å². The Morgan fingerprint density at radius 2 is 1.70 bits per heavy atom. The summed E-state index contributed by atoms with van der Waals surface area (Å²) in [5, 5.41) is 1.88. The fourth-order valence-corrected chi connectivity index (χ4v) is 4.38. The molecular weight excluding hydrogens is 380 g/mol. The molecule has 2 heterocycles. The molecule has 6 nitrogen and oxygen atoms in total. The van der Waals surface area contributed by atoms with Crippen LogP contribution in [0.1, 0.15) is 37.9 Å². The molecule has 30 heavy (non-hydrogen) atoms. The molecule has 0 aromatic heterocycles. The lowest BCUT2D eigenvalue weighted by Crippen LogP contribution is -2.47. The third-order valence-electron chi connectivity index (χ3n) is 5.98. The zero-order valence-corrected chi connectivity index (χ0v) is 17.6. The smallest absolute Gasteiger partial charge is 0.416 e. The maximum atomic E-state index is 13.7. The summed E-state index contributed by atoms with van der Waals surface area (Å²) in [6.45, 7) is 6.69. The largest absolute Gasteiger partial charge is 0.447 e. The Morgan fingerprint density at radius 1 is 1.07 bits per heavy atom. The van der Waals surface area contributed by atoms with Crippen molar-refractivity contribution < 1.29 is 19.2 Å². The molecule has 0 aliphatic carbocycles. The van der Waals surface area contributed by atoms with E-state index < -0.39 is 12.0 Å². The minimum atomic E-state index is -0.556. The summed E-state index contributed by atoms with van der Waals surface area (Å²) in [7, 11) is 0. The number of cyclic esters (lactones) is 1. The van der Waals surface area contributed by atoms with Crippen molar-refractivity contribution in [3.63, 3.8) is 0 Å². The molecule has 0 spiro atoms. The molecule has 2 aromatic carbocycles. The first-order chi connectivity index (χ1) is 14.5. The molecule has 158 valence electrons. The number of benzene rings is 2. The number of hydrogen-bond acceptors (Lipinski definition) is 5. The Morgan fingerprint density at radius 3 is 2.33 bits per heavy atom. The van der Waals surface area contributed by atoms with Gasteiger partial charge in [-0.3, -0.25) is 9.63 Å². The fraction of sp³-hybridized carbons (Fsp3) is 0.417. The number of hydrogen-bond donors (Lipinski definition) is 0. The maximum absolute atomic E-state index is 13.7. The SMILES string of the molecule is CC(C)[C@H]1COC(=O)N1C(=O)[C@@H]1[C@@H](C)ON(Cc2ccccc2)[C@H]1c1ccccc1. The standard InChI is InChI=1S/C24H28N2O4/c1-16(2)20-15-29-24(28)26(20)23(27)21-17(3)30-25(14-18-10-6-4-7-11-18)22(21)19-12-8-5-9-13-19/h4-13,16-17,20-22H,14-15H2,1-3H3/t17-,20-,21-,22+/m1/s1. The van der Waals surface area contributed by atoms with Gasteiger partial charge in [0.15, 0.2) is 0 Å². The second kappa shape index (κ2) is 8.58. The molecule has 2 amide bonds. The summed E-state index contributed by atoms with van der Waals surface area (Å²) in [4.78, 5) is 33.6. The Balaban J connectivity index is 1.68. The van der Waals surface area contributed by atoms with Crippen LogP contribution in [0.4, 0.5) is 4.79 Å². The molecule has 2 fully saturated rings. The van der Waals surface area contributed by atoms with E-state index in [2.05, 4.69) is 0 Å². The zero-order valence-electron chi connectivity index (χ0n) is 17.6. The normalized spacial score (nSPS) is 26.9. The third-order valence-corrected chi connectivity index (χ3v) is 5.98. The zero-order chi connectivity index (χ0) is 21.3. The van der Waals surface area contributed by atoms with Gasteiger partial charge in [-0.15, -0.1) is 0 Å². The fourth-order valence-electron chi connectivity index (χ4n) is 4.38. The predicted molar refractivity (Wildman–Crippen MR) is 112 cm³/mol. The number of amides is 2. The van der Waals surface area contributed by atoms with Crippen LogP contribution in [0.15, 0.2) is 60.7 Å². The van der Waals surface area contributed by atoms with Gasteiger partial charge in [-0.1, -0.05) is 74.5 Å². The summed E-state index contributed by atoms with van der Waals surface area (Å²) in [5.41, 5.74) is 2.09. The molecule has 0 radical (unpaired) electrons. The van der Waals surface area contributed by atoms with Gasteiger partial charge < -0.3 is 4.74 Å². The molecule has 2 saturated heterocycles. The van der Waals surface area contributed by atoms with E-state index in [-0.39, 0.29) is 36.6 Å². The van der Waals surface area contributed by atoms with Crippen LogP contribution in [-0.4, -0.2) is 40.7 Å². The number of imide groups is 1. The van der Waals surface area contributed by atoms with Crippen LogP contribution >= 0.6 is 0 Å². The van der Waals surface area contributed by atoms with E-state index >= 15 is 0 Å². The van der Waals surface area contributed by atoms with E-state index in [0.717, 1.165) is 11.1 Å². The quantitative estimate of drug-likeness (QED) is 0.743. The van der Waals surface area contributed by atoms with Crippen LogP contribution in [0.5, 0.6) is 0 Å². The lowest BCUT2D eigenvalue weighted by atomic mass is 9.88. The van der Waals surface area contributed by atoms with E-state index in [0.29, 0.717) is 6.54 Å². The van der Waals surface area contributed by atoms with E-state index in [1.165, 1.54) is 4.90 Å². The number of ether oxygens (including phenoxy) is 1. The van der Waals surface area contributed by atoms with E-state index in [1.807, 2.05) is 86.5 Å². The lowest BCUT2D eigenvalue weighted by Gasteiger charge is -2.30. The molecule has 6 heteroatoms. The van der Waals surface area contributed by atoms with Crippen LogP contribution in [0.25, 0.3) is 0 Å². The van der Waals surface area contributed by atoms with Gasteiger partial charge in [0, 0.05) is 6.54 Å². The Hall–Kier alpha value is -2.70. The molecule has 0 bridgehead atoms. The molecule has 4 atom stereocenters. The Bertz CT molecular complexity index is 887. The summed E-state index contributed by atoms with van der Waals surface area (Å²) < 4.78 is 5.23. The van der Waals surface area contributed by atoms with Crippen LogP contribution < -0.4 is 0 Å². The third kappa shape index (κ3) is 3.85. The molecule has 0 unspecified atom stereocenters. The van der Waals surface area contributed by atoms with Gasteiger partial charge in [-0.05, 0) is 24.0 Å². The van der Waals surface area contributed by atoms with Crippen molar-refractivity contribution in [3.8, 4) is 0 Å². The average molecular weight is 408 g/mol. The minimum absolute atomic E-state index is 0.119. The number of nitrogens with zero attached hydrogens (tertiary/aromatic N) is 2. The monoisotopic (exact) mass is 408 g/mol. The minimum Gasteiger partial charge on any atom is -0.447 e.